The van der Waals surface area contributed by atoms with E-state index in [-0.39, 0.29) is 35.1 Å². The summed E-state index contributed by atoms with van der Waals surface area (Å²) in [7, 11) is 0. The molecule has 5 rings (SSSR count). The molecule has 5 aromatic rings. The molecule has 0 atom stereocenters. The van der Waals surface area contributed by atoms with Crippen LogP contribution in [0, 0.1) is 0 Å². The Labute approximate surface area is 195 Å². The second-order valence-corrected chi connectivity index (χ2v) is 7.36. The number of phenolic OH excluding ortho intramolecular Hbond substituents is 1. The number of aromatic nitrogens is 3. The number of rotatable bonds is 6. The lowest BCUT2D eigenvalue weighted by Gasteiger charge is -2.01. The molecule has 160 valence electrons. The fraction of sp³-hybridized carbons (Fsp3) is 0.0800. The van der Waals surface area contributed by atoms with E-state index in [9.17, 15) is 9.90 Å². The van der Waals surface area contributed by atoms with E-state index in [1.165, 1.54) is 12.1 Å². The van der Waals surface area contributed by atoms with Crippen LogP contribution in [-0.2, 0) is 13.1 Å². The van der Waals surface area contributed by atoms with Crippen molar-refractivity contribution < 1.29 is 35.9 Å². The molecular formula is C25H20BrN3O3. The van der Waals surface area contributed by atoms with Gasteiger partial charge < -0.3 is 26.5 Å². The molecule has 2 aromatic heterocycles. The van der Waals surface area contributed by atoms with Crippen LogP contribution in [0.15, 0.2) is 95.9 Å². The number of hydrogen-bond acceptors (Lipinski definition) is 4. The van der Waals surface area contributed by atoms with Gasteiger partial charge in [0.2, 0.25) is 6.33 Å². The van der Waals surface area contributed by atoms with Gasteiger partial charge in [0.15, 0.2) is 5.78 Å². The summed E-state index contributed by atoms with van der Waals surface area (Å²) < 4.78 is 9.72. The van der Waals surface area contributed by atoms with Gasteiger partial charge in [0.1, 0.15) is 30.2 Å². The molecule has 0 aliphatic carbocycles. The Balaban J connectivity index is 0.00000245. The van der Waals surface area contributed by atoms with Crippen molar-refractivity contribution in [1.29, 1.82) is 0 Å². The molecule has 1 N–H and O–H groups in total. The van der Waals surface area contributed by atoms with Crippen LogP contribution in [0.25, 0.3) is 22.3 Å². The molecule has 0 fully saturated rings. The second-order valence-electron chi connectivity index (χ2n) is 7.36. The number of nitrogens with zero attached hydrogens (tertiary/aromatic N) is 3. The van der Waals surface area contributed by atoms with Gasteiger partial charge >= 0.3 is 0 Å². The molecule has 0 aliphatic heterocycles. The zero-order valence-electron chi connectivity index (χ0n) is 17.1. The van der Waals surface area contributed by atoms with E-state index in [0.717, 1.165) is 27.9 Å². The Hall–Kier alpha value is -3.71. The summed E-state index contributed by atoms with van der Waals surface area (Å²) in [6.07, 6.45) is 3.46. The summed E-state index contributed by atoms with van der Waals surface area (Å²) in [5.41, 5.74) is 3.43. The van der Waals surface area contributed by atoms with Crippen molar-refractivity contribution in [2.45, 2.75) is 13.1 Å². The molecule has 7 heteroatoms. The lowest BCUT2D eigenvalue weighted by Crippen LogP contribution is -3.00. The van der Waals surface area contributed by atoms with E-state index >= 15 is 0 Å². The largest absolute Gasteiger partial charge is 1.00 e. The number of carbonyl (C=O) groups is 1. The van der Waals surface area contributed by atoms with Crippen molar-refractivity contribution in [2.75, 3.05) is 0 Å². The average molecular weight is 490 g/mol. The van der Waals surface area contributed by atoms with Gasteiger partial charge in [0.05, 0.1) is 0 Å². The van der Waals surface area contributed by atoms with E-state index in [1.807, 2.05) is 60.9 Å². The fourth-order valence-corrected chi connectivity index (χ4v) is 3.67. The summed E-state index contributed by atoms with van der Waals surface area (Å²) in [5, 5.41) is 14.9. The first-order valence-electron chi connectivity index (χ1n) is 9.97. The Morgan fingerprint density at radius 2 is 1.69 bits per heavy atom. The zero-order valence-corrected chi connectivity index (χ0v) is 18.6. The number of ketones is 1. The van der Waals surface area contributed by atoms with Crippen LogP contribution in [0.2, 0.25) is 0 Å². The third kappa shape index (κ3) is 4.33. The minimum absolute atomic E-state index is 0. The maximum atomic E-state index is 12.5. The molecule has 0 saturated carbocycles. The molecule has 6 nitrogen and oxygen atoms in total. The van der Waals surface area contributed by atoms with Crippen molar-refractivity contribution in [1.82, 2.24) is 9.78 Å². The summed E-state index contributed by atoms with van der Waals surface area (Å²) in [4.78, 5) is 12.5. The van der Waals surface area contributed by atoms with Crippen LogP contribution in [0.4, 0.5) is 0 Å². The second kappa shape index (κ2) is 9.20. The minimum atomic E-state index is -0.0525. The number of hydrogen-bond donors (Lipinski definition) is 1. The molecule has 0 bridgehead atoms. The number of para-hydroxylation sites is 1. The third-order valence-electron chi connectivity index (χ3n) is 5.20. The molecule has 0 radical (unpaired) electrons. The number of halogens is 1. The molecule has 0 spiro atoms. The Bertz CT molecular complexity index is 1360. The van der Waals surface area contributed by atoms with Gasteiger partial charge in [-0.1, -0.05) is 48.5 Å². The van der Waals surface area contributed by atoms with Crippen molar-refractivity contribution in [3.05, 3.63) is 103 Å². The van der Waals surface area contributed by atoms with Crippen molar-refractivity contribution in [2.24, 2.45) is 0 Å². The number of Topliss-reactive ketones (excluding diaryl/α,β-unsaturated/α-hetero) is 1. The molecule has 32 heavy (non-hydrogen) atoms. The number of carbonyl (C=O) groups excluding carboxylic acids is 1. The van der Waals surface area contributed by atoms with Crippen LogP contribution in [0.1, 0.15) is 15.9 Å². The summed E-state index contributed by atoms with van der Waals surface area (Å²) in [5.74, 6) is 0.908. The number of fused-ring (bicyclic) bond motifs is 1. The quantitative estimate of drug-likeness (QED) is 0.287. The summed E-state index contributed by atoms with van der Waals surface area (Å²) in [6.45, 7) is 0.685. The average Bonchev–Trinajstić information content (AvgIpc) is 3.39. The molecule has 0 aliphatic rings. The maximum absolute atomic E-state index is 12.5. The van der Waals surface area contributed by atoms with Gasteiger partial charge in [-0.3, -0.25) is 4.79 Å². The Morgan fingerprint density at radius 1 is 0.969 bits per heavy atom. The third-order valence-corrected chi connectivity index (χ3v) is 5.20. The lowest BCUT2D eigenvalue weighted by atomic mass is 10.1. The highest BCUT2D eigenvalue weighted by Gasteiger charge is 2.19. The minimum Gasteiger partial charge on any atom is -1.00 e. The first-order chi connectivity index (χ1) is 15.2. The number of furan rings is 1. The van der Waals surface area contributed by atoms with E-state index in [1.54, 1.807) is 27.7 Å². The predicted molar refractivity (Wildman–Crippen MR) is 116 cm³/mol. The SMILES string of the molecule is O=C(C[n+]1cnn(Cc2c(-c3ccccc3)oc3ccccc23)c1)c1ccc(O)cc1.[Br-]. The first-order valence-corrected chi connectivity index (χ1v) is 9.97. The predicted octanol–water partition coefficient (Wildman–Crippen LogP) is 1.22. The lowest BCUT2D eigenvalue weighted by molar-refractivity contribution is -0.683. The first kappa shape index (κ1) is 21.5. The van der Waals surface area contributed by atoms with Crippen LogP contribution in [0.5, 0.6) is 5.75 Å². The summed E-state index contributed by atoms with van der Waals surface area (Å²) in [6, 6.07) is 24.2. The number of benzene rings is 3. The normalized spacial score (nSPS) is 10.8. The van der Waals surface area contributed by atoms with Gasteiger partial charge in [0.25, 0.3) is 6.33 Å². The Kier molecular flexibility index (Phi) is 6.18. The highest BCUT2D eigenvalue weighted by molar-refractivity contribution is 5.95. The molecule has 2 heterocycles. The monoisotopic (exact) mass is 489 g/mol. The molecule has 3 aromatic carbocycles. The number of aromatic hydroxyl groups is 1. The Morgan fingerprint density at radius 3 is 2.47 bits per heavy atom. The van der Waals surface area contributed by atoms with Gasteiger partial charge in [-0.2, -0.15) is 0 Å². The topological polar surface area (TPSA) is 72.1 Å². The smallest absolute Gasteiger partial charge is 0.265 e. The van der Waals surface area contributed by atoms with Gasteiger partial charge in [-0.15, -0.1) is 4.68 Å². The zero-order chi connectivity index (χ0) is 21.2. The van der Waals surface area contributed by atoms with E-state index in [4.69, 9.17) is 4.42 Å². The van der Waals surface area contributed by atoms with E-state index < -0.39 is 0 Å². The van der Waals surface area contributed by atoms with Crippen LogP contribution < -0.4 is 21.5 Å². The fourth-order valence-electron chi connectivity index (χ4n) is 3.67. The maximum Gasteiger partial charge on any atom is 0.265 e. The van der Waals surface area contributed by atoms with Gasteiger partial charge in [0, 0.05) is 27.2 Å². The van der Waals surface area contributed by atoms with Crippen molar-refractivity contribution in [3.8, 4) is 17.1 Å². The van der Waals surface area contributed by atoms with E-state index in [2.05, 4.69) is 5.10 Å². The standard InChI is InChI=1S/C25H19N3O3.BrH/c29-20-12-10-18(11-13-20)23(30)15-27-16-26-28(17-27)14-22-21-8-4-5-9-24(21)31-25(22)19-6-2-1-3-7-19;/h1-13,16-17H,14-15H2;1H. The van der Waals surface area contributed by atoms with Gasteiger partial charge in [-0.05, 0) is 30.3 Å². The van der Waals surface area contributed by atoms with Gasteiger partial charge in [-0.25, -0.2) is 4.57 Å². The van der Waals surface area contributed by atoms with Crippen LogP contribution in [0.3, 0.4) is 0 Å². The van der Waals surface area contributed by atoms with E-state index in [0.29, 0.717) is 12.1 Å². The molecule has 0 saturated heterocycles. The highest BCUT2D eigenvalue weighted by Crippen LogP contribution is 2.33. The molecule has 0 amide bonds. The molecule has 0 unspecified atom stereocenters. The van der Waals surface area contributed by atoms with Crippen molar-refractivity contribution in [3.63, 3.8) is 0 Å². The van der Waals surface area contributed by atoms with Crippen LogP contribution >= 0.6 is 0 Å². The molecular weight excluding hydrogens is 470 g/mol. The van der Waals surface area contributed by atoms with Crippen LogP contribution in [-0.4, -0.2) is 20.7 Å². The highest BCUT2D eigenvalue weighted by atomic mass is 79.9. The summed E-state index contributed by atoms with van der Waals surface area (Å²) >= 11 is 0. The number of phenols is 1. The van der Waals surface area contributed by atoms with Crippen molar-refractivity contribution >= 4 is 16.8 Å².